The zero-order chi connectivity index (χ0) is 22.6. The van der Waals surface area contributed by atoms with Crippen LogP contribution < -0.4 is 5.32 Å². The Hall–Kier alpha value is -2.42. The molecule has 0 unspecified atom stereocenters. The van der Waals surface area contributed by atoms with Crippen LogP contribution in [0, 0.1) is 17.8 Å². The van der Waals surface area contributed by atoms with E-state index in [0.29, 0.717) is 16.7 Å². The molecule has 32 heavy (non-hydrogen) atoms. The Kier molecular flexibility index (Phi) is 5.27. The SMILES string of the molecule is CCc1ccc(-c2cc(C(F)(F)F)n3ncc(C(=O)N[C@H](C)[C@H]4C[C@H]5CC[C@H]4C5)c3n2)s1. The highest BCUT2D eigenvalue weighted by Gasteiger charge is 2.42. The third-order valence-corrected chi connectivity index (χ3v) is 8.32. The van der Waals surface area contributed by atoms with Crippen LogP contribution in [0.3, 0.4) is 0 Å². The van der Waals surface area contributed by atoms with E-state index < -0.39 is 17.8 Å². The molecule has 0 spiro atoms. The molecule has 2 fully saturated rings. The van der Waals surface area contributed by atoms with Gasteiger partial charge >= 0.3 is 6.18 Å². The van der Waals surface area contributed by atoms with Crippen molar-refractivity contribution in [2.45, 2.75) is 58.2 Å². The fourth-order valence-electron chi connectivity index (χ4n) is 5.45. The molecule has 0 aliphatic heterocycles. The van der Waals surface area contributed by atoms with E-state index in [-0.39, 0.29) is 22.9 Å². The maximum Gasteiger partial charge on any atom is 0.433 e. The van der Waals surface area contributed by atoms with Gasteiger partial charge in [-0.2, -0.15) is 18.3 Å². The lowest BCUT2D eigenvalue weighted by Crippen LogP contribution is -2.40. The molecule has 170 valence electrons. The number of alkyl halides is 3. The summed E-state index contributed by atoms with van der Waals surface area (Å²) in [7, 11) is 0. The van der Waals surface area contributed by atoms with E-state index >= 15 is 0 Å². The van der Waals surface area contributed by atoms with Crippen molar-refractivity contribution in [1.29, 1.82) is 0 Å². The molecule has 1 N–H and O–H groups in total. The van der Waals surface area contributed by atoms with Gasteiger partial charge in [-0.15, -0.1) is 11.3 Å². The fourth-order valence-corrected chi connectivity index (χ4v) is 6.36. The molecular weight excluding hydrogens is 437 g/mol. The van der Waals surface area contributed by atoms with Crippen molar-refractivity contribution in [3.63, 3.8) is 0 Å². The van der Waals surface area contributed by atoms with Crippen LogP contribution in [-0.4, -0.2) is 26.5 Å². The average Bonchev–Trinajstić information content (AvgIpc) is 3.55. The van der Waals surface area contributed by atoms with Gasteiger partial charge in [0.25, 0.3) is 5.91 Å². The van der Waals surface area contributed by atoms with Crippen LogP contribution in [0.1, 0.15) is 60.5 Å². The lowest BCUT2D eigenvalue weighted by Gasteiger charge is -2.28. The Bertz CT molecular complexity index is 1170. The van der Waals surface area contributed by atoms with Crippen LogP contribution in [0.15, 0.2) is 24.4 Å². The molecule has 2 bridgehead atoms. The Balaban J connectivity index is 1.50. The number of nitrogens with one attached hydrogen (secondary N) is 1. The van der Waals surface area contributed by atoms with Gasteiger partial charge in [0.05, 0.1) is 16.8 Å². The summed E-state index contributed by atoms with van der Waals surface area (Å²) >= 11 is 1.40. The summed E-state index contributed by atoms with van der Waals surface area (Å²) in [4.78, 5) is 19.2. The van der Waals surface area contributed by atoms with Gasteiger partial charge in [0.1, 0.15) is 5.56 Å². The molecule has 3 heterocycles. The lowest BCUT2D eigenvalue weighted by atomic mass is 9.84. The normalized spacial score (nSPS) is 23.7. The van der Waals surface area contributed by atoms with Crippen molar-refractivity contribution < 1.29 is 18.0 Å². The van der Waals surface area contributed by atoms with Gasteiger partial charge < -0.3 is 5.32 Å². The number of carbonyl (C=O) groups is 1. The monoisotopic (exact) mass is 462 g/mol. The fraction of sp³-hybridized carbons (Fsp3) is 0.522. The predicted molar refractivity (Wildman–Crippen MR) is 117 cm³/mol. The van der Waals surface area contributed by atoms with Gasteiger partial charge in [0.2, 0.25) is 0 Å². The maximum absolute atomic E-state index is 13.8. The Morgan fingerprint density at radius 2 is 2.12 bits per heavy atom. The van der Waals surface area contributed by atoms with Gasteiger partial charge in [-0.25, -0.2) is 9.50 Å². The van der Waals surface area contributed by atoms with E-state index in [0.717, 1.165) is 34.2 Å². The largest absolute Gasteiger partial charge is 0.433 e. The summed E-state index contributed by atoms with van der Waals surface area (Å²) < 4.78 is 42.2. The minimum atomic E-state index is -4.63. The molecule has 3 aromatic heterocycles. The molecule has 1 amide bonds. The third-order valence-electron chi connectivity index (χ3n) is 7.06. The number of carbonyl (C=O) groups excluding carboxylic acids is 1. The quantitative estimate of drug-likeness (QED) is 0.537. The van der Waals surface area contributed by atoms with Gasteiger partial charge in [-0.05, 0) is 68.6 Å². The highest BCUT2D eigenvalue weighted by Crippen LogP contribution is 2.49. The first-order valence-corrected chi connectivity index (χ1v) is 11.9. The maximum atomic E-state index is 13.8. The summed E-state index contributed by atoms with van der Waals surface area (Å²) in [6.07, 6.45) is 2.16. The second-order valence-electron chi connectivity index (χ2n) is 9.04. The predicted octanol–water partition coefficient (Wildman–Crippen LogP) is 5.59. The lowest BCUT2D eigenvalue weighted by molar-refractivity contribution is -0.142. The summed E-state index contributed by atoms with van der Waals surface area (Å²) in [6, 6.07) is 4.63. The van der Waals surface area contributed by atoms with E-state index in [2.05, 4.69) is 15.4 Å². The van der Waals surface area contributed by atoms with Crippen molar-refractivity contribution in [1.82, 2.24) is 19.9 Å². The van der Waals surface area contributed by atoms with E-state index in [9.17, 15) is 18.0 Å². The molecular formula is C23H25F3N4OS. The van der Waals surface area contributed by atoms with Gasteiger partial charge in [-0.3, -0.25) is 4.79 Å². The zero-order valence-corrected chi connectivity index (χ0v) is 18.8. The summed E-state index contributed by atoms with van der Waals surface area (Å²) in [6.45, 7) is 3.98. The first kappa shape index (κ1) is 21.4. The van der Waals surface area contributed by atoms with Gasteiger partial charge in [-0.1, -0.05) is 13.3 Å². The van der Waals surface area contributed by atoms with Gasteiger partial charge in [0.15, 0.2) is 11.3 Å². The first-order chi connectivity index (χ1) is 15.2. The number of aromatic nitrogens is 3. The molecule has 4 atom stereocenters. The van der Waals surface area contributed by atoms with E-state index in [1.54, 1.807) is 6.07 Å². The molecule has 9 heteroatoms. The number of rotatable bonds is 5. The van der Waals surface area contributed by atoms with Crippen molar-refractivity contribution in [3.8, 4) is 10.6 Å². The molecule has 2 aliphatic rings. The number of amides is 1. The van der Waals surface area contributed by atoms with Crippen LogP contribution >= 0.6 is 11.3 Å². The summed E-state index contributed by atoms with van der Waals surface area (Å²) in [5, 5.41) is 6.90. The van der Waals surface area contributed by atoms with Crippen LogP contribution in [0.5, 0.6) is 0 Å². The molecule has 5 nitrogen and oxygen atoms in total. The topological polar surface area (TPSA) is 59.3 Å². The van der Waals surface area contributed by atoms with E-state index in [4.69, 9.17) is 0 Å². The van der Waals surface area contributed by atoms with Crippen molar-refractivity contribution in [2.75, 3.05) is 0 Å². The van der Waals surface area contributed by atoms with Crippen molar-refractivity contribution in [2.24, 2.45) is 17.8 Å². The molecule has 0 saturated heterocycles. The Morgan fingerprint density at radius 1 is 1.31 bits per heavy atom. The van der Waals surface area contributed by atoms with Crippen LogP contribution in [0.4, 0.5) is 13.2 Å². The van der Waals surface area contributed by atoms with Crippen molar-refractivity contribution >= 4 is 22.9 Å². The molecule has 3 aromatic rings. The second-order valence-corrected chi connectivity index (χ2v) is 10.2. The summed E-state index contributed by atoms with van der Waals surface area (Å²) in [5.41, 5.74) is -0.743. The van der Waals surface area contributed by atoms with E-state index in [1.165, 1.54) is 36.8 Å². The Labute approximate surface area is 188 Å². The number of aryl methyl sites for hydroxylation is 1. The number of thiophene rings is 1. The smallest absolute Gasteiger partial charge is 0.349 e. The van der Waals surface area contributed by atoms with Gasteiger partial charge in [0, 0.05) is 10.9 Å². The highest BCUT2D eigenvalue weighted by atomic mass is 32.1. The third kappa shape index (κ3) is 3.70. The van der Waals surface area contributed by atoms with Crippen LogP contribution in [0.25, 0.3) is 16.2 Å². The molecule has 5 rings (SSSR count). The van der Waals surface area contributed by atoms with Crippen molar-refractivity contribution in [3.05, 3.63) is 40.5 Å². The number of nitrogens with zero attached hydrogens (tertiary/aromatic N) is 3. The molecule has 2 saturated carbocycles. The Morgan fingerprint density at radius 3 is 2.75 bits per heavy atom. The number of fused-ring (bicyclic) bond motifs is 3. The standard InChI is InChI=1S/C23H25F3N4OS/c1-3-15-6-7-19(32-15)18-10-20(23(24,25)26)30-21(29-18)17(11-27-30)22(31)28-12(2)16-9-13-4-5-14(16)8-13/h6-7,10-14,16H,3-5,8-9H2,1-2H3,(H,28,31)/t12-,13+,14+,16-/m1/s1. The average molecular weight is 463 g/mol. The number of hydrogen-bond acceptors (Lipinski definition) is 4. The summed E-state index contributed by atoms with van der Waals surface area (Å²) in [5.74, 6) is 1.38. The minimum Gasteiger partial charge on any atom is -0.349 e. The second kappa shape index (κ2) is 7.86. The highest BCUT2D eigenvalue weighted by molar-refractivity contribution is 7.15. The molecule has 2 aliphatic carbocycles. The molecule has 0 aromatic carbocycles. The van der Waals surface area contributed by atoms with Crippen LogP contribution in [0.2, 0.25) is 0 Å². The zero-order valence-electron chi connectivity index (χ0n) is 17.9. The van der Waals surface area contributed by atoms with Crippen LogP contribution in [-0.2, 0) is 12.6 Å². The number of halogens is 3. The minimum absolute atomic E-state index is 0.0394. The number of hydrogen-bond donors (Lipinski definition) is 1. The van der Waals surface area contributed by atoms with E-state index in [1.807, 2.05) is 19.9 Å². The first-order valence-electron chi connectivity index (χ1n) is 11.1. The molecule has 0 radical (unpaired) electrons.